The number of hydrogen-bond donors (Lipinski definition) is 2. The average molecular weight is 418 g/mol. The lowest BCUT2D eigenvalue weighted by molar-refractivity contribution is 0.102. The highest BCUT2D eigenvalue weighted by Gasteiger charge is 2.22. The molecule has 2 N–H and O–H groups in total. The van der Waals surface area contributed by atoms with Crippen molar-refractivity contribution in [1.29, 1.82) is 0 Å². The molecule has 0 spiro atoms. The molecule has 1 aromatic heterocycles. The number of pyridine rings is 1. The molecule has 1 amide bonds. The van der Waals surface area contributed by atoms with Gasteiger partial charge in [0.05, 0.1) is 14.2 Å². The molecule has 1 aliphatic rings. The molecular formula is C24H26N4O3. The molecule has 3 aromatic rings. The molecule has 31 heavy (non-hydrogen) atoms. The minimum atomic E-state index is -0.203. The fourth-order valence-corrected chi connectivity index (χ4v) is 3.72. The van der Waals surface area contributed by atoms with E-state index in [0.29, 0.717) is 22.7 Å². The summed E-state index contributed by atoms with van der Waals surface area (Å²) in [5.41, 5.74) is 2.43. The zero-order valence-electron chi connectivity index (χ0n) is 17.7. The van der Waals surface area contributed by atoms with Crippen molar-refractivity contribution >= 4 is 17.4 Å². The Morgan fingerprint density at radius 1 is 1.06 bits per heavy atom. The molecule has 0 bridgehead atoms. The Hall–Kier alpha value is -3.58. The summed E-state index contributed by atoms with van der Waals surface area (Å²) in [4.78, 5) is 19.6. The van der Waals surface area contributed by atoms with Gasteiger partial charge in [-0.15, -0.1) is 0 Å². The molecule has 7 nitrogen and oxygen atoms in total. The Morgan fingerprint density at radius 3 is 2.65 bits per heavy atom. The summed E-state index contributed by atoms with van der Waals surface area (Å²) in [7, 11) is 3.14. The maximum atomic E-state index is 12.8. The Balaban J connectivity index is 1.48. The van der Waals surface area contributed by atoms with Gasteiger partial charge in [0.1, 0.15) is 5.82 Å². The SMILES string of the molecule is COc1ccc(NC(=O)c2ccnc(N3CCNC(c4ccccc4)C3)c2)cc1OC. The van der Waals surface area contributed by atoms with Crippen LogP contribution in [0.5, 0.6) is 11.5 Å². The first-order chi connectivity index (χ1) is 15.2. The fourth-order valence-electron chi connectivity index (χ4n) is 3.72. The van der Waals surface area contributed by atoms with Crippen molar-refractivity contribution in [3.63, 3.8) is 0 Å². The summed E-state index contributed by atoms with van der Waals surface area (Å²) in [5.74, 6) is 1.76. The van der Waals surface area contributed by atoms with Crippen LogP contribution in [0, 0.1) is 0 Å². The van der Waals surface area contributed by atoms with Crippen LogP contribution in [0.4, 0.5) is 11.5 Å². The van der Waals surface area contributed by atoms with Gasteiger partial charge in [-0.05, 0) is 29.8 Å². The van der Waals surface area contributed by atoms with Crippen molar-refractivity contribution in [1.82, 2.24) is 10.3 Å². The first-order valence-electron chi connectivity index (χ1n) is 10.2. The van der Waals surface area contributed by atoms with Gasteiger partial charge in [-0.25, -0.2) is 4.98 Å². The molecule has 0 radical (unpaired) electrons. The molecule has 1 saturated heterocycles. The van der Waals surface area contributed by atoms with Crippen LogP contribution in [-0.4, -0.2) is 44.7 Å². The van der Waals surface area contributed by atoms with Gasteiger partial charge in [-0.1, -0.05) is 30.3 Å². The largest absolute Gasteiger partial charge is 0.493 e. The number of carbonyl (C=O) groups is 1. The van der Waals surface area contributed by atoms with Gasteiger partial charge >= 0.3 is 0 Å². The van der Waals surface area contributed by atoms with Gasteiger partial charge in [0.25, 0.3) is 5.91 Å². The molecule has 2 heterocycles. The van der Waals surface area contributed by atoms with E-state index < -0.39 is 0 Å². The van der Waals surface area contributed by atoms with Crippen molar-refractivity contribution in [3.8, 4) is 11.5 Å². The molecule has 7 heteroatoms. The quantitative estimate of drug-likeness (QED) is 0.638. The van der Waals surface area contributed by atoms with Crippen molar-refractivity contribution in [2.75, 3.05) is 44.1 Å². The second-order valence-electron chi connectivity index (χ2n) is 7.29. The molecule has 1 unspecified atom stereocenters. The van der Waals surface area contributed by atoms with E-state index in [1.54, 1.807) is 44.7 Å². The van der Waals surface area contributed by atoms with Gasteiger partial charge in [0.15, 0.2) is 11.5 Å². The second kappa shape index (κ2) is 9.49. The van der Waals surface area contributed by atoms with Crippen LogP contribution in [0.3, 0.4) is 0 Å². The lowest BCUT2D eigenvalue weighted by Gasteiger charge is -2.34. The van der Waals surface area contributed by atoms with E-state index >= 15 is 0 Å². The summed E-state index contributed by atoms with van der Waals surface area (Å²) < 4.78 is 10.6. The van der Waals surface area contributed by atoms with E-state index in [-0.39, 0.29) is 11.9 Å². The van der Waals surface area contributed by atoms with E-state index in [4.69, 9.17) is 9.47 Å². The number of ether oxygens (including phenoxy) is 2. The maximum Gasteiger partial charge on any atom is 0.255 e. The van der Waals surface area contributed by atoms with E-state index in [0.717, 1.165) is 25.5 Å². The number of nitrogens with one attached hydrogen (secondary N) is 2. The molecule has 0 saturated carbocycles. The van der Waals surface area contributed by atoms with Crippen LogP contribution in [0.1, 0.15) is 22.0 Å². The smallest absolute Gasteiger partial charge is 0.255 e. The summed E-state index contributed by atoms with van der Waals surface area (Å²) in [6, 6.07) is 19.4. The van der Waals surface area contributed by atoms with Crippen molar-refractivity contribution in [3.05, 3.63) is 78.0 Å². The number of benzene rings is 2. The normalized spacial score (nSPS) is 15.9. The highest BCUT2D eigenvalue weighted by atomic mass is 16.5. The Labute approximate surface area is 182 Å². The lowest BCUT2D eigenvalue weighted by Crippen LogP contribution is -2.46. The first kappa shape index (κ1) is 20.7. The number of hydrogen-bond acceptors (Lipinski definition) is 6. The molecule has 1 atom stereocenters. The van der Waals surface area contributed by atoms with Crippen LogP contribution < -0.4 is 25.0 Å². The van der Waals surface area contributed by atoms with E-state index in [1.807, 2.05) is 24.3 Å². The minimum absolute atomic E-state index is 0.203. The Bertz CT molecular complexity index is 1040. The van der Waals surface area contributed by atoms with Crippen LogP contribution in [0.2, 0.25) is 0 Å². The fraction of sp³-hybridized carbons (Fsp3) is 0.250. The Kier molecular flexibility index (Phi) is 6.33. The van der Waals surface area contributed by atoms with Crippen LogP contribution in [0.25, 0.3) is 0 Å². The van der Waals surface area contributed by atoms with E-state index in [2.05, 4.69) is 32.7 Å². The van der Waals surface area contributed by atoms with E-state index in [1.165, 1.54) is 5.56 Å². The molecule has 4 rings (SSSR count). The molecule has 1 fully saturated rings. The van der Waals surface area contributed by atoms with Crippen LogP contribution >= 0.6 is 0 Å². The number of piperazine rings is 1. The van der Waals surface area contributed by atoms with E-state index in [9.17, 15) is 4.79 Å². The first-order valence-corrected chi connectivity index (χ1v) is 10.2. The molecule has 160 valence electrons. The number of nitrogens with zero attached hydrogens (tertiary/aromatic N) is 2. The number of carbonyl (C=O) groups excluding carboxylic acids is 1. The van der Waals surface area contributed by atoms with Crippen molar-refractivity contribution in [2.24, 2.45) is 0 Å². The van der Waals surface area contributed by atoms with Crippen LogP contribution in [-0.2, 0) is 0 Å². The number of anilines is 2. The third-order valence-corrected chi connectivity index (χ3v) is 5.35. The predicted molar refractivity (Wildman–Crippen MR) is 121 cm³/mol. The zero-order valence-corrected chi connectivity index (χ0v) is 17.7. The standard InChI is InChI=1S/C24H26N4O3/c1-30-21-9-8-19(15-22(21)31-2)27-24(29)18-10-11-26-23(14-18)28-13-12-25-20(16-28)17-6-4-3-5-7-17/h3-11,14-15,20,25H,12-13,16H2,1-2H3,(H,27,29). The number of amides is 1. The molecule has 2 aromatic carbocycles. The second-order valence-corrected chi connectivity index (χ2v) is 7.29. The van der Waals surface area contributed by atoms with Gasteiger partial charge < -0.3 is 25.0 Å². The summed E-state index contributed by atoms with van der Waals surface area (Å²) in [6.07, 6.45) is 1.68. The number of rotatable bonds is 6. The summed E-state index contributed by atoms with van der Waals surface area (Å²) >= 11 is 0. The highest BCUT2D eigenvalue weighted by Crippen LogP contribution is 2.30. The predicted octanol–water partition coefficient (Wildman–Crippen LogP) is 3.50. The number of aromatic nitrogens is 1. The summed E-state index contributed by atoms with van der Waals surface area (Å²) in [5, 5.41) is 6.47. The highest BCUT2D eigenvalue weighted by molar-refractivity contribution is 6.04. The lowest BCUT2D eigenvalue weighted by atomic mass is 10.0. The van der Waals surface area contributed by atoms with Gasteiger partial charge in [0, 0.05) is 49.2 Å². The van der Waals surface area contributed by atoms with Crippen molar-refractivity contribution in [2.45, 2.75) is 6.04 Å². The molecular weight excluding hydrogens is 392 g/mol. The third-order valence-electron chi connectivity index (χ3n) is 5.35. The minimum Gasteiger partial charge on any atom is -0.493 e. The van der Waals surface area contributed by atoms with Crippen molar-refractivity contribution < 1.29 is 14.3 Å². The monoisotopic (exact) mass is 418 g/mol. The zero-order chi connectivity index (χ0) is 21.6. The van der Waals surface area contributed by atoms with Gasteiger partial charge in [0.2, 0.25) is 0 Å². The van der Waals surface area contributed by atoms with Gasteiger partial charge in [-0.3, -0.25) is 4.79 Å². The molecule has 0 aliphatic carbocycles. The maximum absolute atomic E-state index is 12.8. The molecule has 1 aliphatic heterocycles. The topological polar surface area (TPSA) is 75.7 Å². The summed E-state index contributed by atoms with van der Waals surface area (Å²) in [6.45, 7) is 2.47. The third kappa shape index (κ3) is 4.78. The average Bonchev–Trinajstić information content (AvgIpc) is 2.84. The van der Waals surface area contributed by atoms with Gasteiger partial charge in [-0.2, -0.15) is 0 Å². The van der Waals surface area contributed by atoms with Crippen LogP contribution in [0.15, 0.2) is 66.9 Å². The number of methoxy groups -OCH3 is 2. The Morgan fingerprint density at radius 2 is 1.87 bits per heavy atom.